The van der Waals surface area contributed by atoms with E-state index in [-0.39, 0.29) is 24.5 Å². The molecule has 17 heteroatoms. The minimum absolute atomic E-state index is 0.0612. The smallest absolute Gasteiger partial charge is 0.459 e. The van der Waals surface area contributed by atoms with Gasteiger partial charge >= 0.3 is 19.4 Å². The fourth-order valence-electron chi connectivity index (χ4n) is 3.88. The number of H-pyrrole nitrogens is 1. The SMILES string of the molecule is C[C@H](N[P@](=O)(OC[C@H]1O[C@@H](n2cc(F)c(=O)[nH]c2=O)CC1O)Oc1ccc([N+](=O)[O-])cc1)C(=O)OCc1ccccc1. The molecule has 42 heavy (non-hydrogen) atoms. The van der Waals surface area contributed by atoms with E-state index >= 15 is 0 Å². The molecule has 1 aliphatic heterocycles. The fraction of sp³-hybridized carbons (Fsp3) is 0.320. The molecule has 3 N–H and O–H groups in total. The number of esters is 1. The molecule has 0 radical (unpaired) electrons. The van der Waals surface area contributed by atoms with Gasteiger partial charge in [-0.3, -0.25) is 33.8 Å². The Bertz CT molecular complexity index is 1580. The van der Waals surface area contributed by atoms with Crippen LogP contribution in [0, 0.1) is 15.9 Å². The summed E-state index contributed by atoms with van der Waals surface area (Å²) in [6.07, 6.45) is -3.25. The second-order valence-corrected chi connectivity index (χ2v) is 10.8. The standard InChI is InChI=1S/C25H26FN4O11P/c1-15(24(33)38-13-16-5-3-2-4-6-16)28-42(37,41-18-9-7-17(8-10-18)30(35)36)39-14-21-20(31)11-22(40-21)29-12-19(26)23(32)27-25(29)34/h2-10,12,15,20-22,31H,11,13-14H2,1H3,(H,28,37)(H,27,32,34)/t15-,20?,21+,22+,42-/m0/s1. The summed E-state index contributed by atoms with van der Waals surface area (Å²) >= 11 is 0. The second kappa shape index (κ2) is 13.2. The first-order valence-electron chi connectivity index (χ1n) is 12.5. The molecule has 0 saturated carbocycles. The number of aliphatic hydroxyl groups excluding tert-OH is 1. The van der Waals surface area contributed by atoms with Crippen LogP contribution in [0.5, 0.6) is 5.75 Å². The van der Waals surface area contributed by atoms with Crippen molar-refractivity contribution in [1.29, 1.82) is 0 Å². The van der Waals surface area contributed by atoms with Crippen LogP contribution in [-0.2, 0) is 30.0 Å². The van der Waals surface area contributed by atoms with Crippen LogP contribution in [0.2, 0.25) is 0 Å². The van der Waals surface area contributed by atoms with Crippen LogP contribution in [0.1, 0.15) is 25.1 Å². The zero-order valence-electron chi connectivity index (χ0n) is 22.0. The average Bonchev–Trinajstić information content (AvgIpc) is 3.33. The molecule has 2 aromatic carbocycles. The summed E-state index contributed by atoms with van der Waals surface area (Å²) in [5.41, 5.74) is -1.74. The highest BCUT2D eigenvalue weighted by Crippen LogP contribution is 2.46. The highest BCUT2D eigenvalue weighted by atomic mass is 31.2. The number of aromatic amines is 1. The van der Waals surface area contributed by atoms with Crippen LogP contribution < -0.4 is 20.9 Å². The number of aliphatic hydroxyl groups is 1. The van der Waals surface area contributed by atoms with Gasteiger partial charge in [0.2, 0.25) is 5.82 Å². The third kappa shape index (κ3) is 7.74. The summed E-state index contributed by atoms with van der Waals surface area (Å²) in [5, 5.41) is 23.9. The van der Waals surface area contributed by atoms with E-state index in [0.717, 1.165) is 16.7 Å². The summed E-state index contributed by atoms with van der Waals surface area (Å²) in [5.74, 6) is -2.15. The molecule has 4 rings (SSSR count). The molecule has 0 amide bonds. The molecule has 0 spiro atoms. The van der Waals surface area contributed by atoms with Crippen molar-refractivity contribution >= 4 is 19.4 Å². The first-order chi connectivity index (χ1) is 19.9. The van der Waals surface area contributed by atoms with E-state index in [2.05, 4.69) is 5.09 Å². The molecule has 2 heterocycles. The number of benzene rings is 2. The van der Waals surface area contributed by atoms with E-state index in [1.54, 1.807) is 35.3 Å². The van der Waals surface area contributed by atoms with Gasteiger partial charge in [0.1, 0.15) is 30.7 Å². The van der Waals surface area contributed by atoms with E-state index in [1.165, 1.54) is 19.1 Å². The van der Waals surface area contributed by atoms with E-state index < -0.39 is 66.8 Å². The summed E-state index contributed by atoms with van der Waals surface area (Å²) in [6, 6.07) is 12.1. The fourth-order valence-corrected chi connectivity index (χ4v) is 5.39. The van der Waals surface area contributed by atoms with Crippen LogP contribution in [0.15, 0.2) is 70.4 Å². The summed E-state index contributed by atoms with van der Waals surface area (Å²) < 4.78 is 50.1. The predicted octanol–water partition coefficient (Wildman–Crippen LogP) is 2.16. The number of hydrogen-bond donors (Lipinski definition) is 3. The van der Waals surface area contributed by atoms with Gasteiger partial charge in [-0.25, -0.2) is 9.36 Å². The van der Waals surface area contributed by atoms with Crippen LogP contribution in [0.4, 0.5) is 10.1 Å². The van der Waals surface area contributed by atoms with Crippen molar-refractivity contribution in [3.63, 3.8) is 0 Å². The normalized spacial score (nSPS) is 20.4. The molecule has 0 bridgehead atoms. The van der Waals surface area contributed by atoms with Crippen molar-refractivity contribution in [2.75, 3.05) is 6.61 Å². The maximum Gasteiger partial charge on any atom is 0.459 e. The Balaban J connectivity index is 1.47. The predicted molar refractivity (Wildman–Crippen MR) is 142 cm³/mol. The Morgan fingerprint density at radius 1 is 1.26 bits per heavy atom. The van der Waals surface area contributed by atoms with Gasteiger partial charge in [0, 0.05) is 18.6 Å². The van der Waals surface area contributed by atoms with Crippen molar-refractivity contribution in [3.05, 3.63) is 103 Å². The molecule has 1 aliphatic rings. The molecule has 3 aromatic rings. The Kier molecular flexibility index (Phi) is 9.65. The molecule has 0 aliphatic carbocycles. The van der Waals surface area contributed by atoms with Crippen LogP contribution in [0.3, 0.4) is 0 Å². The lowest BCUT2D eigenvalue weighted by Gasteiger charge is -2.24. The number of carbonyl (C=O) groups is 1. The van der Waals surface area contributed by atoms with E-state index in [0.29, 0.717) is 11.8 Å². The quantitative estimate of drug-likeness (QED) is 0.117. The number of nitrogens with one attached hydrogen (secondary N) is 2. The number of ether oxygens (including phenoxy) is 2. The molecule has 5 atom stereocenters. The molecule has 1 saturated heterocycles. The van der Waals surface area contributed by atoms with E-state index in [4.69, 9.17) is 18.5 Å². The number of nitrogens with zero attached hydrogens (tertiary/aromatic N) is 2. The summed E-state index contributed by atoms with van der Waals surface area (Å²) in [7, 11) is -4.47. The zero-order chi connectivity index (χ0) is 30.4. The Morgan fingerprint density at radius 3 is 2.62 bits per heavy atom. The van der Waals surface area contributed by atoms with Gasteiger partial charge in [0.15, 0.2) is 0 Å². The van der Waals surface area contributed by atoms with Crippen LogP contribution in [-0.4, -0.2) is 50.4 Å². The molecule has 15 nitrogen and oxygen atoms in total. The van der Waals surface area contributed by atoms with E-state index in [9.17, 15) is 38.6 Å². The van der Waals surface area contributed by atoms with Gasteiger partial charge in [0.05, 0.1) is 23.8 Å². The average molecular weight is 608 g/mol. The molecular formula is C25H26FN4O11P. The number of hydrogen-bond acceptors (Lipinski definition) is 11. The molecule has 1 fully saturated rings. The topological polar surface area (TPSA) is 201 Å². The maximum absolute atomic E-state index is 13.8. The van der Waals surface area contributed by atoms with Gasteiger partial charge in [0.25, 0.3) is 11.2 Å². The number of rotatable bonds is 12. The van der Waals surface area contributed by atoms with Crippen molar-refractivity contribution in [2.24, 2.45) is 0 Å². The van der Waals surface area contributed by atoms with Crippen molar-refractivity contribution in [1.82, 2.24) is 14.6 Å². The number of nitro benzene ring substituents is 1. The van der Waals surface area contributed by atoms with Gasteiger partial charge in [-0.05, 0) is 24.6 Å². The molecule has 224 valence electrons. The second-order valence-electron chi connectivity index (χ2n) is 9.16. The van der Waals surface area contributed by atoms with Crippen LogP contribution in [0.25, 0.3) is 0 Å². The Hall–Kier alpha value is -4.21. The molecular weight excluding hydrogens is 582 g/mol. The lowest BCUT2D eigenvalue weighted by molar-refractivity contribution is -0.384. The number of non-ortho nitro benzene ring substituents is 1. The number of nitro groups is 1. The van der Waals surface area contributed by atoms with Gasteiger partial charge in [-0.2, -0.15) is 9.48 Å². The minimum atomic E-state index is -4.47. The van der Waals surface area contributed by atoms with Gasteiger partial charge < -0.3 is 19.1 Å². The summed E-state index contributed by atoms with van der Waals surface area (Å²) in [6.45, 7) is 0.687. The first-order valence-corrected chi connectivity index (χ1v) is 14.0. The number of aromatic nitrogens is 2. The largest absolute Gasteiger partial charge is 0.460 e. The number of halogens is 1. The van der Waals surface area contributed by atoms with Crippen molar-refractivity contribution in [3.8, 4) is 5.75 Å². The zero-order valence-corrected chi connectivity index (χ0v) is 22.8. The Labute approximate surface area is 236 Å². The highest BCUT2D eigenvalue weighted by Gasteiger charge is 2.39. The minimum Gasteiger partial charge on any atom is -0.460 e. The maximum atomic E-state index is 13.8. The van der Waals surface area contributed by atoms with Crippen LogP contribution >= 0.6 is 7.75 Å². The molecule has 1 unspecified atom stereocenters. The monoisotopic (exact) mass is 608 g/mol. The lowest BCUT2D eigenvalue weighted by atomic mass is 10.2. The summed E-state index contributed by atoms with van der Waals surface area (Å²) in [4.78, 5) is 48.2. The van der Waals surface area contributed by atoms with E-state index in [1.807, 2.05) is 0 Å². The number of carbonyl (C=O) groups excluding carboxylic acids is 1. The molecule has 1 aromatic heterocycles. The van der Waals surface area contributed by atoms with Gasteiger partial charge in [-0.1, -0.05) is 30.3 Å². The lowest BCUT2D eigenvalue weighted by Crippen LogP contribution is -2.36. The van der Waals surface area contributed by atoms with Crippen molar-refractivity contribution in [2.45, 2.75) is 44.4 Å². The third-order valence-electron chi connectivity index (χ3n) is 6.05. The van der Waals surface area contributed by atoms with Gasteiger partial charge in [-0.15, -0.1) is 0 Å². The van der Waals surface area contributed by atoms with Crippen molar-refractivity contribution < 1.29 is 42.3 Å². The first kappa shape index (κ1) is 30.7. The Morgan fingerprint density at radius 2 is 1.95 bits per heavy atom. The third-order valence-corrected chi connectivity index (χ3v) is 7.69. The highest BCUT2D eigenvalue weighted by molar-refractivity contribution is 7.52.